The van der Waals surface area contributed by atoms with Crippen LogP contribution in [0.25, 0.3) is 10.9 Å². The maximum absolute atomic E-state index is 11.2. The molecule has 2 rings (SSSR count). The number of rotatable bonds is 5. The number of ether oxygens (including phenoxy) is 1. The quantitative estimate of drug-likeness (QED) is 0.769. The van der Waals surface area contributed by atoms with Gasteiger partial charge < -0.3 is 9.53 Å². The van der Waals surface area contributed by atoms with E-state index in [0.29, 0.717) is 0 Å². The first-order valence-corrected chi connectivity index (χ1v) is 6.62. The second-order valence-corrected chi connectivity index (χ2v) is 4.75. The Morgan fingerprint density at radius 1 is 1.42 bits per heavy atom. The number of hydrogen-bond acceptors (Lipinski definition) is 3. The fourth-order valence-corrected chi connectivity index (χ4v) is 2.43. The lowest BCUT2D eigenvalue weighted by molar-refractivity contribution is -0.108. The normalized spacial score (nSPS) is 12.4. The Morgan fingerprint density at radius 3 is 2.84 bits per heavy atom. The Bertz CT molecular complexity index is 593. The summed E-state index contributed by atoms with van der Waals surface area (Å²) in [7, 11) is 1.65. The molecule has 100 valence electrons. The maximum Gasteiger partial charge on any atom is 0.127 e. The van der Waals surface area contributed by atoms with E-state index in [-0.39, 0.29) is 5.92 Å². The molecule has 0 spiro atoms. The molecule has 0 aliphatic heterocycles. The fraction of sp³-hybridized carbons (Fsp3) is 0.375. The third-order valence-corrected chi connectivity index (χ3v) is 3.38. The average molecular weight is 257 g/mol. The number of carbonyl (C=O) groups excluding carboxylic acids is 1. The monoisotopic (exact) mass is 257 g/mol. The van der Waals surface area contributed by atoms with Crippen molar-refractivity contribution in [2.24, 2.45) is 0 Å². The first-order valence-electron chi connectivity index (χ1n) is 6.62. The largest absolute Gasteiger partial charge is 0.497 e. The molecule has 0 saturated heterocycles. The van der Waals surface area contributed by atoms with Gasteiger partial charge in [-0.2, -0.15) is 0 Å². The minimum absolute atomic E-state index is 0.126. The number of aryl methyl sites for hydroxylation is 1. The first kappa shape index (κ1) is 13.5. The van der Waals surface area contributed by atoms with E-state index >= 15 is 0 Å². The summed E-state index contributed by atoms with van der Waals surface area (Å²) in [6.07, 6.45) is 4.87. The van der Waals surface area contributed by atoms with E-state index in [1.54, 1.807) is 7.11 Å². The van der Waals surface area contributed by atoms with Gasteiger partial charge in [0.15, 0.2) is 0 Å². The molecule has 0 N–H and O–H groups in total. The summed E-state index contributed by atoms with van der Waals surface area (Å²) in [5.41, 5.74) is 3.15. The molecule has 3 heteroatoms. The van der Waals surface area contributed by atoms with E-state index < -0.39 is 0 Å². The molecular weight excluding hydrogens is 238 g/mol. The highest BCUT2D eigenvalue weighted by Crippen LogP contribution is 2.30. The summed E-state index contributed by atoms with van der Waals surface area (Å²) < 4.78 is 5.27. The van der Waals surface area contributed by atoms with E-state index in [1.165, 1.54) is 0 Å². The zero-order valence-electron chi connectivity index (χ0n) is 11.6. The highest BCUT2D eigenvalue weighted by Gasteiger charge is 2.15. The van der Waals surface area contributed by atoms with Crippen molar-refractivity contribution in [1.82, 2.24) is 4.98 Å². The third kappa shape index (κ3) is 2.60. The van der Waals surface area contributed by atoms with E-state index in [4.69, 9.17) is 4.74 Å². The molecule has 1 aromatic carbocycles. The molecule has 2 aromatic rings. The van der Waals surface area contributed by atoms with Crippen LogP contribution in [0.4, 0.5) is 0 Å². The van der Waals surface area contributed by atoms with Crippen LogP contribution in [0.1, 0.15) is 37.3 Å². The average Bonchev–Trinajstić information content (AvgIpc) is 2.46. The summed E-state index contributed by atoms with van der Waals surface area (Å²) in [6, 6.07) is 5.80. The second-order valence-electron chi connectivity index (χ2n) is 4.75. The lowest BCUT2D eigenvalue weighted by Crippen LogP contribution is -2.03. The lowest BCUT2D eigenvalue weighted by atomic mass is 9.92. The Hall–Kier alpha value is -1.90. The Kier molecular flexibility index (Phi) is 4.15. The molecule has 0 bridgehead atoms. The van der Waals surface area contributed by atoms with Crippen LogP contribution in [0.3, 0.4) is 0 Å². The number of nitrogens with zero attached hydrogens (tertiary/aromatic N) is 1. The number of aldehydes is 1. The predicted octanol–water partition coefficient (Wildman–Crippen LogP) is 3.50. The number of fused-ring (bicyclic) bond motifs is 1. The van der Waals surface area contributed by atoms with Crippen molar-refractivity contribution in [1.29, 1.82) is 0 Å². The van der Waals surface area contributed by atoms with Crippen LogP contribution in [0.2, 0.25) is 0 Å². The van der Waals surface area contributed by atoms with Gasteiger partial charge in [0.1, 0.15) is 12.0 Å². The molecule has 0 aliphatic rings. The lowest BCUT2D eigenvalue weighted by Gasteiger charge is -2.15. The van der Waals surface area contributed by atoms with Gasteiger partial charge in [-0.1, -0.05) is 20.3 Å². The van der Waals surface area contributed by atoms with Crippen LogP contribution >= 0.6 is 0 Å². The van der Waals surface area contributed by atoms with E-state index in [9.17, 15) is 4.79 Å². The SMILES string of the molecule is CCCc1cnc2ccc(OC)cc2c1C(C)C=O. The summed E-state index contributed by atoms with van der Waals surface area (Å²) >= 11 is 0. The molecule has 1 aromatic heterocycles. The summed E-state index contributed by atoms with van der Waals surface area (Å²) in [5.74, 6) is 0.668. The highest BCUT2D eigenvalue weighted by atomic mass is 16.5. The van der Waals surface area contributed by atoms with Crippen molar-refractivity contribution >= 4 is 17.2 Å². The van der Waals surface area contributed by atoms with Crippen LogP contribution in [0, 0.1) is 0 Å². The minimum atomic E-state index is -0.126. The number of aromatic nitrogens is 1. The molecule has 19 heavy (non-hydrogen) atoms. The standard InChI is InChI=1S/C16H19NO2/c1-4-5-12-9-17-15-7-6-13(19-3)8-14(15)16(12)11(2)10-18/h6-11H,4-5H2,1-3H3. The molecule has 1 unspecified atom stereocenters. The maximum atomic E-state index is 11.2. The summed E-state index contributed by atoms with van der Waals surface area (Å²) in [5, 5.41) is 1.02. The van der Waals surface area contributed by atoms with Gasteiger partial charge in [0, 0.05) is 17.5 Å². The molecule has 0 saturated carbocycles. The van der Waals surface area contributed by atoms with Gasteiger partial charge in [-0.05, 0) is 35.7 Å². The Labute approximate surface area is 113 Å². The smallest absolute Gasteiger partial charge is 0.127 e. The number of pyridine rings is 1. The Balaban J connectivity index is 2.72. The van der Waals surface area contributed by atoms with Gasteiger partial charge in [-0.3, -0.25) is 4.98 Å². The van der Waals surface area contributed by atoms with Crippen molar-refractivity contribution in [3.05, 3.63) is 35.5 Å². The molecule has 1 heterocycles. The number of benzene rings is 1. The van der Waals surface area contributed by atoms with E-state index in [1.807, 2.05) is 31.3 Å². The molecule has 0 radical (unpaired) electrons. The van der Waals surface area contributed by atoms with Gasteiger partial charge in [0.25, 0.3) is 0 Å². The zero-order valence-corrected chi connectivity index (χ0v) is 11.6. The fourth-order valence-electron chi connectivity index (χ4n) is 2.43. The van der Waals surface area contributed by atoms with Gasteiger partial charge in [0.05, 0.1) is 12.6 Å². The van der Waals surface area contributed by atoms with Gasteiger partial charge in [-0.15, -0.1) is 0 Å². The van der Waals surface area contributed by atoms with Gasteiger partial charge in [-0.25, -0.2) is 0 Å². The van der Waals surface area contributed by atoms with Crippen molar-refractivity contribution < 1.29 is 9.53 Å². The van der Waals surface area contributed by atoms with Crippen molar-refractivity contribution in [3.8, 4) is 5.75 Å². The number of carbonyl (C=O) groups is 1. The van der Waals surface area contributed by atoms with Crippen LogP contribution in [-0.2, 0) is 11.2 Å². The molecular formula is C16H19NO2. The molecule has 3 nitrogen and oxygen atoms in total. The predicted molar refractivity (Wildman–Crippen MR) is 76.8 cm³/mol. The topological polar surface area (TPSA) is 39.2 Å². The van der Waals surface area contributed by atoms with Gasteiger partial charge >= 0.3 is 0 Å². The van der Waals surface area contributed by atoms with Crippen molar-refractivity contribution in [3.63, 3.8) is 0 Å². The van der Waals surface area contributed by atoms with E-state index in [2.05, 4.69) is 11.9 Å². The van der Waals surface area contributed by atoms with Gasteiger partial charge in [0.2, 0.25) is 0 Å². The highest BCUT2D eigenvalue weighted by molar-refractivity contribution is 5.87. The van der Waals surface area contributed by atoms with Crippen LogP contribution < -0.4 is 4.74 Å². The van der Waals surface area contributed by atoms with Crippen LogP contribution in [0.15, 0.2) is 24.4 Å². The first-order chi connectivity index (χ1) is 9.21. The molecule has 0 fully saturated rings. The van der Waals surface area contributed by atoms with E-state index in [0.717, 1.165) is 46.9 Å². The zero-order chi connectivity index (χ0) is 13.8. The van der Waals surface area contributed by atoms with Crippen molar-refractivity contribution in [2.75, 3.05) is 7.11 Å². The van der Waals surface area contributed by atoms with Crippen LogP contribution in [-0.4, -0.2) is 18.4 Å². The summed E-state index contributed by atoms with van der Waals surface area (Å²) in [4.78, 5) is 15.7. The number of hydrogen-bond donors (Lipinski definition) is 0. The Morgan fingerprint density at radius 2 is 2.21 bits per heavy atom. The molecule has 0 amide bonds. The third-order valence-electron chi connectivity index (χ3n) is 3.38. The summed E-state index contributed by atoms with van der Waals surface area (Å²) in [6.45, 7) is 4.06. The number of methoxy groups -OCH3 is 1. The minimum Gasteiger partial charge on any atom is -0.497 e. The molecule has 0 aliphatic carbocycles. The second kappa shape index (κ2) is 5.83. The molecule has 1 atom stereocenters. The van der Waals surface area contributed by atoms with Crippen LogP contribution in [0.5, 0.6) is 5.75 Å². The van der Waals surface area contributed by atoms with Crippen molar-refractivity contribution in [2.45, 2.75) is 32.6 Å².